The number of aryl methyl sites for hydroxylation is 1. The summed E-state index contributed by atoms with van der Waals surface area (Å²) < 4.78 is 0. The molecule has 1 amide bonds. The van der Waals surface area contributed by atoms with Crippen molar-refractivity contribution in [1.29, 1.82) is 5.26 Å². The van der Waals surface area contributed by atoms with Crippen LogP contribution in [0.15, 0.2) is 24.3 Å². The molecule has 0 bridgehead atoms. The molecule has 1 saturated heterocycles. The van der Waals surface area contributed by atoms with E-state index in [4.69, 9.17) is 5.26 Å². The van der Waals surface area contributed by atoms with Gasteiger partial charge in [0.1, 0.15) is 0 Å². The molecule has 3 heteroatoms. The number of carbonyl (C=O) groups excluding carboxylic acids is 1. The van der Waals surface area contributed by atoms with Crippen LogP contribution in [0.1, 0.15) is 42.7 Å². The minimum Gasteiger partial charge on any atom is -0.342 e. The van der Waals surface area contributed by atoms with Crippen molar-refractivity contribution in [3.63, 3.8) is 0 Å². The van der Waals surface area contributed by atoms with E-state index in [1.807, 2.05) is 11.0 Å². The Hall–Kier alpha value is -1.82. The van der Waals surface area contributed by atoms with Gasteiger partial charge in [-0.15, -0.1) is 0 Å². The van der Waals surface area contributed by atoms with Gasteiger partial charge in [0, 0.05) is 19.0 Å². The first-order valence-corrected chi connectivity index (χ1v) is 7.56. The molecular formula is C17H20N2O. The topological polar surface area (TPSA) is 44.1 Å². The Morgan fingerprint density at radius 3 is 2.70 bits per heavy atom. The summed E-state index contributed by atoms with van der Waals surface area (Å²) in [5.74, 6) is 0.449. The molecular weight excluding hydrogens is 248 g/mol. The van der Waals surface area contributed by atoms with Crippen LogP contribution in [-0.4, -0.2) is 23.9 Å². The summed E-state index contributed by atoms with van der Waals surface area (Å²) in [5.41, 5.74) is 2.56. The minimum atomic E-state index is 0.0404. The quantitative estimate of drug-likeness (QED) is 0.786. The summed E-state index contributed by atoms with van der Waals surface area (Å²) in [7, 11) is 0. The molecule has 20 heavy (non-hydrogen) atoms. The zero-order valence-corrected chi connectivity index (χ0v) is 11.7. The Labute approximate surface area is 120 Å². The van der Waals surface area contributed by atoms with Crippen LogP contribution in [0.5, 0.6) is 0 Å². The third kappa shape index (κ3) is 2.43. The fourth-order valence-electron chi connectivity index (χ4n) is 3.46. The van der Waals surface area contributed by atoms with Gasteiger partial charge < -0.3 is 4.90 Å². The Morgan fingerprint density at radius 2 is 1.95 bits per heavy atom. The molecule has 3 rings (SSSR count). The number of hydrogen-bond donors (Lipinski definition) is 0. The molecule has 0 N–H and O–H groups in total. The van der Waals surface area contributed by atoms with Gasteiger partial charge >= 0.3 is 0 Å². The van der Waals surface area contributed by atoms with Gasteiger partial charge in [-0.05, 0) is 43.2 Å². The molecule has 1 heterocycles. The molecule has 0 radical (unpaired) electrons. The summed E-state index contributed by atoms with van der Waals surface area (Å²) in [4.78, 5) is 14.7. The third-order valence-corrected chi connectivity index (χ3v) is 4.66. The van der Waals surface area contributed by atoms with E-state index in [-0.39, 0.29) is 17.7 Å². The Balaban J connectivity index is 1.74. The number of carbonyl (C=O) groups is 1. The Kier molecular flexibility index (Phi) is 3.73. The van der Waals surface area contributed by atoms with Crippen molar-refractivity contribution in [2.45, 2.75) is 38.0 Å². The lowest BCUT2D eigenvalue weighted by molar-refractivity contribution is -0.134. The normalized spacial score (nSPS) is 22.9. The maximum absolute atomic E-state index is 12.8. The van der Waals surface area contributed by atoms with E-state index in [1.54, 1.807) is 0 Å². The second kappa shape index (κ2) is 5.66. The molecule has 0 aromatic heterocycles. The largest absolute Gasteiger partial charge is 0.342 e. The zero-order valence-electron chi connectivity index (χ0n) is 11.7. The van der Waals surface area contributed by atoms with Crippen LogP contribution in [0.2, 0.25) is 0 Å². The summed E-state index contributed by atoms with van der Waals surface area (Å²) >= 11 is 0. The highest BCUT2D eigenvalue weighted by Gasteiger charge is 2.31. The van der Waals surface area contributed by atoms with E-state index in [0.717, 1.165) is 45.2 Å². The summed E-state index contributed by atoms with van der Waals surface area (Å²) in [6, 6.07) is 10.7. The van der Waals surface area contributed by atoms with E-state index in [9.17, 15) is 4.79 Å². The average molecular weight is 268 g/mol. The van der Waals surface area contributed by atoms with Gasteiger partial charge in [0.15, 0.2) is 0 Å². The highest BCUT2D eigenvalue weighted by Crippen LogP contribution is 2.33. The van der Waals surface area contributed by atoms with Crippen molar-refractivity contribution in [3.05, 3.63) is 35.4 Å². The molecule has 3 nitrogen and oxygen atoms in total. The highest BCUT2D eigenvalue weighted by atomic mass is 16.2. The molecule has 0 spiro atoms. The maximum Gasteiger partial charge on any atom is 0.230 e. The number of rotatable bonds is 1. The van der Waals surface area contributed by atoms with Crippen molar-refractivity contribution >= 4 is 5.91 Å². The molecule has 0 saturated carbocycles. The van der Waals surface area contributed by atoms with Gasteiger partial charge in [-0.2, -0.15) is 5.26 Å². The summed E-state index contributed by atoms with van der Waals surface area (Å²) in [6.07, 6.45) is 4.82. The second-order valence-corrected chi connectivity index (χ2v) is 5.87. The first kappa shape index (κ1) is 13.2. The van der Waals surface area contributed by atoms with Crippen molar-refractivity contribution in [3.8, 4) is 6.07 Å². The fourth-order valence-corrected chi connectivity index (χ4v) is 3.46. The van der Waals surface area contributed by atoms with Gasteiger partial charge in [-0.25, -0.2) is 0 Å². The Morgan fingerprint density at radius 1 is 1.20 bits per heavy atom. The van der Waals surface area contributed by atoms with E-state index >= 15 is 0 Å². The standard InChI is InChI=1S/C17H20N2O/c18-12-13-8-10-19(11-9-13)17(20)16-7-3-5-14-4-1-2-6-15(14)16/h1-2,4,6,13,16H,3,5,7-11H2. The second-order valence-electron chi connectivity index (χ2n) is 5.87. The molecule has 1 atom stereocenters. The molecule has 1 aromatic carbocycles. The van der Waals surface area contributed by atoms with Crippen LogP contribution >= 0.6 is 0 Å². The number of nitrogens with zero attached hydrogens (tertiary/aromatic N) is 2. The minimum absolute atomic E-state index is 0.0404. The predicted octanol–water partition coefficient (Wildman–Crippen LogP) is 2.87. The van der Waals surface area contributed by atoms with E-state index in [0.29, 0.717) is 0 Å². The SMILES string of the molecule is N#CC1CCN(C(=O)C2CCCc3ccccc32)CC1. The monoisotopic (exact) mass is 268 g/mol. The zero-order chi connectivity index (χ0) is 13.9. The fraction of sp³-hybridized carbons (Fsp3) is 0.529. The van der Waals surface area contributed by atoms with Crippen LogP contribution in [0, 0.1) is 17.2 Å². The highest BCUT2D eigenvalue weighted by molar-refractivity contribution is 5.84. The third-order valence-electron chi connectivity index (χ3n) is 4.66. The maximum atomic E-state index is 12.8. The van der Waals surface area contributed by atoms with Crippen molar-refractivity contribution < 1.29 is 4.79 Å². The van der Waals surface area contributed by atoms with Crippen molar-refractivity contribution in [2.24, 2.45) is 5.92 Å². The molecule has 104 valence electrons. The average Bonchev–Trinajstić information content (AvgIpc) is 2.54. The van der Waals surface area contributed by atoms with E-state index < -0.39 is 0 Å². The van der Waals surface area contributed by atoms with Crippen LogP contribution < -0.4 is 0 Å². The Bertz CT molecular complexity index is 538. The molecule has 1 unspecified atom stereocenters. The molecule has 1 aliphatic carbocycles. The molecule has 1 aromatic rings. The lowest BCUT2D eigenvalue weighted by atomic mass is 9.81. The number of likely N-dealkylation sites (tertiary alicyclic amines) is 1. The first-order valence-electron chi connectivity index (χ1n) is 7.56. The first-order chi connectivity index (χ1) is 9.79. The van der Waals surface area contributed by atoms with Gasteiger partial charge in [0.25, 0.3) is 0 Å². The van der Waals surface area contributed by atoms with Crippen LogP contribution in [0.4, 0.5) is 0 Å². The number of hydrogen-bond acceptors (Lipinski definition) is 2. The van der Waals surface area contributed by atoms with Crippen molar-refractivity contribution in [1.82, 2.24) is 4.90 Å². The van der Waals surface area contributed by atoms with Crippen LogP contribution in [-0.2, 0) is 11.2 Å². The molecule has 2 aliphatic rings. The summed E-state index contributed by atoms with van der Waals surface area (Å²) in [5, 5.41) is 8.94. The lowest BCUT2D eigenvalue weighted by Gasteiger charge is -2.34. The smallest absolute Gasteiger partial charge is 0.230 e. The van der Waals surface area contributed by atoms with E-state index in [2.05, 4.69) is 24.3 Å². The number of fused-ring (bicyclic) bond motifs is 1. The number of piperidine rings is 1. The summed E-state index contributed by atoms with van der Waals surface area (Å²) in [6.45, 7) is 1.49. The lowest BCUT2D eigenvalue weighted by Crippen LogP contribution is -2.41. The van der Waals surface area contributed by atoms with Crippen LogP contribution in [0.25, 0.3) is 0 Å². The van der Waals surface area contributed by atoms with Gasteiger partial charge in [0.2, 0.25) is 5.91 Å². The predicted molar refractivity (Wildman–Crippen MR) is 77.0 cm³/mol. The van der Waals surface area contributed by atoms with Gasteiger partial charge in [-0.3, -0.25) is 4.79 Å². The van der Waals surface area contributed by atoms with Gasteiger partial charge in [0.05, 0.1) is 12.0 Å². The van der Waals surface area contributed by atoms with E-state index in [1.165, 1.54) is 11.1 Å². The molecule has 1 aliphatic heterocycles. The number of nitriles is 1. The van der Waals surface area contributed by atoms with Gasteiger partial charge in [-0.1, -0.05) is 24.3 Å². The molecule has 1 fully saturated rings. The number of amides is 1. The van der Waals surface area contributed by atoms with Crippen LogP contribution in [0.3, 0.4) is 0 Å². The number of benzene rings is 1. The van der Waals surface area contributed by atoms with Crippen molar-refractivity contribution in [2.75, 3.05) is 13.1 Å².